The average Bonchev–Trinajstić information content (AvgIpc) is 3.15. The van der Waals surface area contributed by atoms with Crippen molar-refractivity contribution < 1.29 is 22.7 Å². The quantitative estimate of drug-likeness (QED) is 0.768. The number of rotatable bonds is 5. The maximum absolute atomic E-state index is 12.6. The average molecular weight is 434 g/mol. The molecule has 0 saturated carbocycles. The second-order valence-corrected chi connectivity index (χ2v) is 6.46. The van der Waals surface area contributed by atoms with E-state index >= 15 is 0 Å². The number of halogens is 3. The molecule has 1 amide bonds. The number of ether oxygens (including phenoxy) is 1. The van der Waals surface area contributed by atoms with Crippen LogP contribution in [-0.2, 0) is 15.7 Å². The number of likely N-dealkylation sites (tertiary alicyclic amines) is 1. The molecule has 7 nitrogen and oxygen atoms in total. The summed E-state index contributed by atoms with van der Waals surface area (Å²) in [5, 5.41) is 0. The van der Waals surface area contributed by atoms with Crippen molar-refractivity contribution in [2.75, 3.05) is 37.7 Å². The van der Waals surface area contributed by atoms with Crippen molar-refractivity contribution in [2.45, 2.75) is 65.3 Å². The third kappa shape index (κ3) is 6.80. The largest absolute Gasteiger partial charge is 0.419 e. The van der Waals surface area contributed by atoms with Crippen LogP contribution in [0.3, 0.4) is 0 Å². The number of hydrogen-bond acceptors (Lipinski definition) is 6. The molecule has 1 atom stereocenters. The Labute approximate surface area is 176 Å². The van der Waals surface area contributed by atoms with Gasteiger partial charge in [0.05, 0.1) is 12.2 Å². The Balaban J connectivity index is 0.00000106. The summed E-state index contributed by atoms with van der Waals surface area (Å²) in [5.41, 5.74) is 4.54. The van der Waals surface area contributed by atoms with Gasteiger partial charge in [0.1, 0.15) is 6.10 Å². The lowest BCUT2D eigenvalue weighted by molar-refractivity contribution is -0.139. The van der Waals surface area contributed by atoms with Crippen LogP contribution in [0.25, 0.3) is 0 Å². The number of piperidine rings is 1. The van der Waals surface area contributed by atoms with Crippen LogP contribution in [0.4, 0.5) is 19.1 Å². The van der Waals surface area contributed by atoms with Crippen molar-refractivity contribution in [1.29, 1.82) is 0 Å². The molecule has 0 spiro atoms. The fourth-order valence-electron chi connectivity index (χ4n) is 3.41. The summed E-state index contributed by atoms with van der Waals surface area (Å²) < 4.78 is 43.2. The smallest absolute Gasteiger partial charge is 0.367 e. The summed E-state index contributed by atoms with van der Waals surface area (Å²) in [6.45, 7) is 10.6. The number of carbonyl (C=O) groups excluding carboxylic acids is 1. The van der Waals surface area contributed by atoms with Gasteiger partial charge in [0.2, 0.25) is 5.95 Å². The first-order chi connectivity index (χ1) is 14.4. The number of hydrogen-bond donors (Lipinski definition) is 1. The van der Waals surface area contributed by atoms with Crippen molar-refractivity contribution in [1.82, 2.24) is 14.9 Å². The Hall–Kier alpha value is -1.94. The van der Waals surface area contributed by atoms with E-state index in [1.165, 1.54) is 0 Å². The van der Waals surface area contributed by atoms with Gasteiger partial charge in [-0.1, -0.05) is 27.7 Å². The fourth-order valence-corrected chi connectivity index (χ4v) is 3.41. The molecule has 1 aromatic heterocycles. The van der Waals surface area contributed by atoms with Gasteiger partial charge < -0.3 is 20.3 Å². The van der Waals surface area contributed by atoms with E-state index < -0.39 is 17.8 Å². The van der Waals surface area contributed by atoms with E-state index in [-0.39, 0.29) is 17.9 Å². The number of aromatic nitrogens is 2. The van der Waals surface area contributed by atoms with Crippen molar-refractivity contribution >= 4 is 11.9 Å². The monoisotopic (exact) mass is 433 g/mol. The van der Waals surface area contributed by atoms with E-state index in [0.717, 1.165) is 25.2 Å². The van der Waals surface area contributed by atoms with Gasteiger partial charge in [-0.2, -0.15) is 13.2 Å². The summed E-state index contributed by atoms with van der Waals surface area (Å²) in [6.07, 6.45) is -1.13. The zero-order valence-electron chi connectivity index (χ0n) is 18.3. The van der Waals surface area contributed by atoms with Crippen molar-refractivity contribution in [3.63, 3.8) is 0 Å². The molecule has 3 heterocycles. The Kier molecular flexibility index (Phi) is 11.0. The minimum atomic E-state index is -4.44. The number of anilines is 1. The standard InChI is InChI=1S/C16H22F3N5O2.2C2H6/c17-16(18,19)11-9-21-15(22-10-11)23-5-1-12(2-6-23)24-7-3-13(14(24)25)26-8-4-20;2*1-2/h9-10,12-13H,1-8,20H2;2*1-2H3. The maximum Gasteiger partial charge on any atom is 0.419 e. The molecule has 1 aromatic rings. The van der Waals surface area contributed by atoms with E-state index in [1.54, 1.807) is 0 Å². The zero-order chi connectivity index (χ0) is 22.7. The van der Waals surface area contributed by atoms with Crippen molar-refractivity contribution in [3.05, 3.63) is 18.0 Å². The van der Waals surface area contributed by atoms with Crippen molar-refractivity contribution in [2.24, 2.45) is 5.73 Å². The van der Waals surface area contributed by atoms with Crippen LogP contribution < -0.4 is 10.6 Å². The molecule has 172 valence electrons. The Morgan fingerprint density at radius 2 is 1.63 bits per heavy atom. The highest BCUT2D eigenvalue weighted by atomic mass is 19.4. The first-order valence-corrected chi connectivity index (χ1v) is 10.7. The second-order valence-electron chi connectivity index (χ2n) is 6.46. The van der Waals surface area contributed by atoms with Gasteiger partial charge in [0.15, 0.2) is 0 Å². The molecular formula is C20H34F3N5O2. The summed E-state index contributed by atoms with van der Waals surface area (Å²) in [6, 6.07) is 0.111. The van der Waals surface area contributed by atoms with Crippen LogP contribution in [0, 0.1) is 0 Å². The highest BCUT2D eigenvalue weighted by Gasteiger charge is 2.38. The number of alkyl halides is 3. The molecule has 0 bridgehead atoms. The van der Waals surface area contributed by atoms with E-state index in [2.05, 4.69) is 9.97 Å². The molecule has 1 unspecified atom stereocenters. The maximum atomic E-state index is 12.6. The summed E-state index contributed by atoms with van der Waals surface area (Å²) in [4.78, 5) is 23.8. The third-order valence-corrected chi connectivity index (χ3v) is 4.78. The van der Waals surface area contributed by atoms with Crippen LogP contribution >= 0.6 is 0 Å². The zero-order valence-corrected chi connectivity index (χ0v) is 18.3. The van der Waals surface area contributed by atoms with E-state index in [9.17, 15) is 18.0 Å². The van der Waals surface area contributed by atoms with Gasteiger partial charge in [-0.15, -0.1) is 0 Å². The van der Waals surface area contributed by atoms with Gasteiger partial charge in [-0.3, -0.25) is 4.79 Å². The Morgan fingerprint density at radius 1 is 1.07 bits per heavy atom. The SMILES string of the molecule is CC.CC.NCCOC1CCN(C2CCN(c3ncc(C(F)(F)F)cn3)CC2)C1=O. The van der Waals surface area contributed by atoms with Gasteiger partial charge >= 0.3 is 6.18 Å². The molecule has 0 aromatic carbocycles. The lowest BCUT2D eigenvalue weighted by atomic mass is 10.0. The first kappa shape index (κ1) is 26.1. The van der Waals surface area contributed by atoms with Gasteiger partial charge in [0, 0.05) is 51.0 Å². The minimum absolute atomic E-state index is 0.00248. The normalized spacial score (nSPS) is 19.7. The molecule has 2 aliphatic heterocycles. The van der Waals surface area contributed by atoms with Crippen molar-refractivity contribution in [3.8, 4) is 0 Å². The summed E-state index contributed by atoms with van der Waals surface area (Å²) in [7, 11) is 0. The molecule has 0 aliphatic carbocycles. The summed E-state index contributed by atoms with van der Waals surface area (Å²) >= 11 is 0. The molecule has 2 N–H and O–H groups in total. The molecule has 2 fully saturated rings. The number of amides is 1. The van der Waals surface area contributed by atoms with Gasteiger partial charge in [0.25, 0.3) is 5.91 Å². The molecule has 2 aliphatic rings. The van der Waals surface area contributed by atoms with E-state index in [0.29, 0.717) is 39.2 Å². The van der Waals surface area contributed by atoms with Crippen LogP contribution in [0.1, 0.15) is 52.5 Å². The molecule has 0 radical (unpaired) electrons. The molecule has 10 heteroatoms. The number of nitrogens with zero attached hydrogens (tertiary/aromatic N) is 4. The molecule has 3 rings (SSSR count). The lowest BCUT2D eigenvalue weighted by Crippen LogP contribution is -2.47. The summed E-state index contributed by atoms with van der Waals surface area (Å²) in [5.74, 6) is 0.288. The number of carbonyl (C=O) groups is 1. The van der Waals surface area contributed by atoms with Crippen LogP contribution in [0.15, 0.2) is 12.4 Å². The van der Waals surface area contributed by atoms with Gasteiger partial charge in [-0.25, -0.2) is 9.97 Å². The Bertz CT molecular complexity index is 620. The van der Waals surface area contributed by atoms with Crippen LogP contribution in [0.2, 0.25) is 0 Å². The third-order valence-electron chi connectivity index (χ3n) is 4.78. The topological polar surface area (TPSA) is 84.6 Å². The molecular weight excluding hydrogens is 399 g/mol. The first-order valence-electron chi connectivity index (χ1n) is 10.7. The molecule has 2 saturated heterocycles. The fraction of sp³-hybridized carbons (Fsp3) is 0.750. The number of nitrogens with two attached hydrogens (primary N) is 1. The predicted octanol–water partition coefficient (Wildman–Crippen LogP) is 3.09. The van der Waals surface area contributed by atoms with Crippen LogP contribution in [0.5, 0.6) is 0 Å². The van der Waals surface area contributed by atoms with E-state index in [4.69, 9.17) is 10.5 Å². The Morgan fingerprint density at radius 3 is 2.13 bits per heavy atom. The molecule has 30 heavy (non-hydrogen) atoms. The highest BCUT2D eigenvalue weighted by molar-refractivity contribution is 5.83. The van der Waals surface area contributed by atoms with E-state index in [1.807, 2.05) is 37.5 Å². The lowest BCUT2D eigenvalue weighted by Gasteiger charge is -2.36. The minimum Gasteiger partial charge on any atom is -0.367 e. The predicted molar refractivity (Wildman–Crippen MR) is 110 cm³/mol. The van der Waals surface area contributed by atoms with Gasteiger partial charge in [-0.05, 0) is 12.8 Å². The van der Waals surface area contributed by atoms with Crippen LogP contribution in [-0.4, -0.2) is 65.7 Å². The highest BCUT2D eigenvalue weighted by Crippen LogP contribution is 2.29. The second kappa shape index (κ2) is 12.7.